The van der Waals surface area contributed by atoms with Gasteiger partial charge >= 0.3 is 0 Å². The summed E-state index contributed by atoms with van der Waals surface area (Å²) in [6.45, 7) is 9.59. The van der Waals surface area contributed by atoms with Crippen molar-refractivity contribution in [2.75, 3.05) is 39.8 Å². The first-order valence-corrected chi connectivity index (χ1v) is 8.88. The molecule has 1 aliphatic heterocycles. The van der Waals surface area contributed by atoms with Crippen molar-refractivity contribution < 1.29 is 13.2 Å². The van der Waals surface area contributed by atoms with Gasteiger partial charge in [0.25, 0.3) is 10.2 Å². The molecule has 0 bridgehead atoms. The van der Waals surface area contributed by atoms with Crippen LogP contribution in [-0.4, -0.2) is 69.6 Å². The minimum Gasteiger partial charge on any atom is -0.373 e. The summed E-state index contributed by atoms with van der Waals surface area (Å²) in [4.78, 5) is 2.24. The Morgan fingerprint density at radius 1 is 1.30 bits per heavy atom. The van der Waals surface area contributed by atoms with Crippen LogP contribution in [0.5, 0.6) is 0 Å². The van der Waals surface area contributed by atoms with Crippen molar-refractivity contribution in [3.8, 4) is 0 Å². The second kappa shape index (κ2) is 8.29. The maximum atomic E-state index is 12.0. The molecule has 0 unspecified atom stereocenters. The molecule has 6 nitrogen and oxygen atoms in total. The molecule has 1 N–H and O–H groups in total. The van der Waals surface area contributed by atoms with E-state index in [9.17, 15) is 8.42 Å². The molecule has 1 saturated heterocycles. The van der Waals surface area contributed by atoms with Gasteiger partial charge in [0.05, 0.1) is 12.2 Å². The lowest BCUT2D eigenvalue weighted by Crippen LogP contribution is -2.49. The third-order valence-electron chi connectivity index (χ3n) is 3.44. The number of unbranched alkanes of at least 4 members (excludes halogenated alkanes) is 1. The lowest BCUT2D eigenvalue weighted by molar-refractivity contribution is -0.0671. The Labute approximate surface area is 123 Å². The predicted octanol–water partition coefficient (Wildman–Crippen LogP) is 0.662. The molecule has 1 rings (SSSR count). The van der Waals surface area contributed by atoms with Crippen molar-refractivity contribution in [1.82, 2.24) is 13.9 Å². The highest BCUT2D eigenvalue weighted by atomic mass is 32.2. The highest BCUT2D eigenvalue weighted by Gasteiger charge is 2.22. The molecule has 0 amide bonds. The highest BCUT2D eigenvalue weighted by molar-refractivity contribution is 7.87. The van der Waals surface area contributed by atoms with Gasteiger partial charge in [0.2, 0.25) is 0 Å². The van der Waals surface area contributed by atoms with Crippen LogP contribution < -0.4 is 4.72 Å². The van der Waals surface area contributed by atoms with Crippen molar-refractivity contribution >= 4 is 10.2 Å². The van der Waals surface area contributed by atoms with Crippen molar-refractivity contribution in [1.29, 1.82) is 0 Å². The first-order chi connectivity index (χ1) is 9.35. The molecule has 0 spiro atoms. The Bertz CT molecular complexity index is 365. The molecule has 7 heteroatoms. The number of ether oxygens (including phenoxy) is 1. The van der Waals surface area contributed by atoms with E-state index in [4.69, 9.17) is 4.74 Å². The van der Waals surface area contributed by atoms with E-state index in [1.165, 1.54) is 4.31 Å². The van der Waals surface area contributed by atoms with E-state index in [-0.39, 0.29) is 12.2 Å². The molecule has 0 radical (unpaired) electrons. The number of morpholine rings is 1. The average Bonchev–Trinajstić information content (AvgIpc) is 2.34. The summed E-state index contributed by atoms with van der Waals surface area (Å²) in [5, 5.41) is 0. The smallest absolute Gasteiger partial charge is 0.279 e. The van der Waals surface area contributed by atoms with Gasteiger partial charge in [-0.1, -0.05) is 13.3 Å². The topological polar surface area (TPSA) is 61.9 Å². The Hall–Kier alpha value is -0.210. The van der Waals surface area contributed by atoms with Crippen LogP contribution in [0.2, 0.25) is 0 Å². The highest BCUT2D eigenvalue weighted by Crippen LogP contribution is 2.09. The lowest BCUT2D eigenvalue weighted by atomic mass is 10.2. The summed E-state index contributed by atoms with van der Waals surface area (Å²) >= 11 is 0. The van der Waals surface area contributed by atoms with E-state index in [1.807, 2.05) is 13.8 Å². The zero-order chi connectivity index (χ0) is 15.2. The second-order valence-electron chi connectivity index (χ2n) is 5.59. The van der Waals surface area contributed by atoms with Gasteiger partial charge in [-0.05, 0) is 20.3 Å². The molecule has 0 aromatic heterocycles. The number of hydrogen-bond donors (Lipinski definition) is 1. The van der Waals surface area contributed by atoms with Crippen molar-refractivity contribution in [3.05, 3.63) is 0 Å². The van der Waals surface area contributed by atoms with E-state index in [2.05, 4.69) is 16.5 Å². The van der Waals surface area contributed by atoms with Crippen molar-refractivity contribution in [2.45, 2.75) is 45.8 Å². The van der Waals surface area contributed by atoms with Crippen molar-refractivity contribution in [2.24, 2.45) is 0 Å². The molecule has 1 aliphatic rings. The molecular formula is C13H29N3O3S. The predicted molar refractivity (Wildman–Crippen MR) is 80.9 cm³/mol. The molecule has 1 heterocycles. The fourth-order valence-electron chi connectivity index (χ4n) is 2.41. The minimum atomic E-state index is -3.33. The second-order valence-corrected chi connectivity index (χ2v) is 7.45. The standard InChI is InChI=1S/C13H29N3O3S/c1-5-6-8-15(4)20(17,18)14-7-9-16-10-12(2)19-13(3)11-16/h12-14H,5-11H2,1-4H3/t12-,13-/m1/s1. The molecular weight excluding hydrogens is 278 g/mol. The lowest BCUT2D eigenvalue weighted by Gasteiger charge is -2.35. The van der Waals surface area contributed by atoms with Gasteiger partial charge in [-0.25, -0.2) is 4.72 Å². The maximum absolute atomic E-state index is 12.0. The largest absolute Gasteiger partial charge is 0.373 e. The Kier molecular flexibility index (Phi) is 7.39. The van der Waals surface area contributed by atoms with Crippen molar-refractivity contribution in [3.63, 3.8) is 0 Å². The van der Waals surface area contributed by atoms with Crippen LogP contribution in [0, 0.1) is 0 Å². The molecule has 20 heavy (non-hydrogen) atoms. The summed E-state index contributed by atoms with van der Waals surface area (Å²) in [5.74, 6) is 0. The average molecular weight is 307 g/mol. The van der Waals surface area contributed by atoms with Gasteiger partial charge in [-0.2, -0.15) is 12.7 Å². The van der Waals surface area contributed by atoms with Crippen LogP contribution in [0.3, 0.4) is 0 Å². The van der Waals surface area contributed by atoms with Crippen LogP contribution in [0.25, 0.3) is 0 Å². The normalized spacial score (nSPS) is 25.2. The summed E-state index contributed by atoms with van der Waals surface area (Å²) in [6, 6.07) is 0. The van der Waals surface area contributed by atoms with Gasteiger partial charge in [0, 0.05) is 39.8 Å². The minimum absolute atomic E-state index is 0.211. The fraction of sp³-hybridized carbons (Fsp3) is 1.00. The summed E-state index contributed by atoms with van der Waals surface area (Å²) in [5.41, 5.74) is 0. The summed E-state index contributed by atoms with van der Waals surface area (Å²) < 4.78 is 33.7. The monoisotopic (exact) mass is 307 g/mol. The van der Waals surface area contributed by atoms with Gasteiger partial charge in [0.1, 0.15) is 0 Å². The van der Waals surface area contributed by atoms with E-state index >= 15 is 0 Å². The maximum Gasteiger partial charge on any atom is 0.279 e. The molecule has 0 aromatic carbocycles. The van der Waals surface area contributed by atoms with Gasteiger partial charge in [0.15, 0.2) is 0 Å². The zero-order valence-electron chi connectivity index (χ0n) is 13.1. The molecule has 2 atom stereocenters. The van der Waals surface area contributed by atoms with Crippen LogP contribution in [-0.2, 0) is 14.9 Å². The van der Waals surface area contributed by atoms with Crippen LogP contribution >= 0.6 is 0 Å². The molecule has 1 fully saturated rings. The Balaban J connectivity index is 2.32. The fourth-order valence-corrected chi connectivity index (χ4v) is 3.35. The Morgan fingerprint density at radius 3 is 2.45 bits per heavy atom. The SMILES string of the molecule is CCCCN(C)S(=O)(=O)NCCN1C[C@@H](C)O[C@H](C)C1. The van der Waals surface area contributed by atoms with E-state index < -0.39 is 10.2 Å². The number of nitrogens with zero attached hydrogens (tertiary/aromatic N) is 2. The van der Waals surface area contributed by atoms with E-state index in [0.29, 0.717) is 13.1 Å². The molecule has 0 aliphatic carbocycles. The summed E-state index contributed by atoms with van der Waals surface area (Å²) in [7, 11) is -1.71. The number of rotatable bonds is 8. The van der Waals surface area contributed by atoms with Crippen LogP contribution in [0.15, 0.2) is 0 Å². The first-order valence-electron chi connectivity index (χ1n) is 7.44. The molecule has 120 valence electrons. The number of hydrogen-bond acceptors (Lipinski definition) is 4. The molecule has 0 saturated carbocycles. The number of nitrogens with one attached hydrogen (secondary N) is 1. The third kappa shape index (κ3) is 6.05. The molecule has 0 aromatic rings. The first kappa shape index (κ1) is 17.8. The Morgan fingerprint density at radius 2 is 1.90 bits per heavy atom. The third-order valence-corrected chi connectivity index (χ3v) is 5.02. The zero-order valence-corrected chi connectivity index (χ0v) is 13.9. The summed E-state index contributed by atoms with van der Waals surface area (Å²) in [6.07, 6.45) is 2.30. The van der Waals surface area contributed by atoms with E-state index in [0.717, 1.165) is 32.5 Å². The van der Waals surface area contributed by atoms with E-state index in [1.54, 1.807) is 7.05 Å². The van der Waals surface area contributed by atoms with Crippen LogP contribution in [0.1, 0.15) is 33.6 Å². The van der Waals surface area contributed by atoms with Gasteiger partial charge in [-0.3, -0.25) is 4.90 Å². The quantitative estimate of drug-likeness (QED) is 0.716. The van der Waals surface area contributed by atoms with Gasteiger partial charge < -0.3 is 4.74 Å². The van der Waals surface area contributed by atoms with Gasteiger partial charge in [-0.15, -0.1) is 0 Å². The van der Waals surface area contributed by atoms with Crippen LogP contribution in [0.4, 0.5) is 0 Å².